The van der Waals surface area contributed by atoms with Gasteiger partial charge in [0.1, 0.15) is 5.82 Å². The van der Waals surface area contributed by atoms with Gasteiger partial charge in [0.05, 0.1) is 0 Å². The summed E-state index contributed by atoms with van der Waals surface area (Å²) in [6, 6.07) is 9.34. The number of hydrogen-bond acceptors (Lipinski definition) is 3. The molecular weight excluding hydrogens is 200 g/mol. The summed E-state index contributed by atoms with van der Waals surface area (Å²) in [4.78, 5) is 14.0. The van der Waals surface area contributed by atoms with Gasteiger partial charge >= 0.3 is 0 Å². The second-order valence-corrected chi connectivity index (χ2v) is 3.96. The molecule has 1 N–H and O–H groups in total. The second-order valence-electron chi connectivity index (χ2n) is 3.96. The lowest BCUT2D eigenvalue weighted by Crippen LogP contribution is -2.37. The molecule has 1 saturated heterocycles. The van der Waals surface area contributed by atoms with E-state index in [9.17, 15) is 4.79 Å². The van der Waals surface area contributed by atoms with Crippen molar-refractivity contribution in [1.82, 2.24) is 10.2 Å². The summed E-state index contributed by atoms with van der Waals surface area (Å²) >= 11 is 0. The molecule has 1 aliphatic heterocycles. The zero-order chi connectivity index (χ0) is 11.4. The number of allylic oxidation sites excluding steroid dienone is 1. The number of benzene rings is 1. The molecule has 0 radical (unpaired) electrons. The Morgan fingerprint density at radius 1 is 1.38 bits per heavy atom. The van der Waals surface area contributed by atoms with E-state index in [4.69, 9.17) is 0 Å². The van der Waals surface area contributed by atoms with Crippen LogP contribution in [0.1, 0.15) is 16.8 Å². The lowest BCUT2D eigenvalue weighted by Gasteiger charge is -2.28. The predicted molar refractivity (Wildman–Crippen MR) is 64.1 cm³/mol. The Bertz CT molecular complexity index is 398. The van der Waals surface area contributed by atoms with Gasteiger partial charge in [-0.2, -0.15) is 0 Å². The monoisotopic (exact) mass is 216 g/mol. The number of carbonyl (C=O) groups is 1. The van der Waals surface area contributed by atoms with Gasteiger partial charge in [0.2, 0.25) is 0 Å². The molecule has 2 rings (SSSR count). The third kappa shape index (κ3) is 2.42. The van der Waals surface area contributed by atoms with Crippen LogP contribution in [0.3, 0.4) is 0 Å². The maximum Gasteiger partial charge on any atom is 0.189 e. The predicted octanol–water partition coefficient (Wildman–Crippen LogP) is 1.64. The summed E-state index contributed by atoms with van der Waals surface area (Å²) in [5, 5.41) is 3.24. The highest BCUT2D eigenvalue weighted by molar-refractivity contribution is 6.04. The van der Waals surface area contributed by atoms with Gasteiger partial charge in [0, 0.05) is 31.8 Å². The van der Waals surface area contributed by atoms with Crippen molar-refractivity contribution in [2.24, 2.45) is 0 Å². The molecule has 84 valence electrons. The van der Waals surface area contributed by atoms with E-state index in [0.29, 0.717) is 0 Å². The van der Waals surface area contributed by atoms with E-state index in [2.05, 4.69) is 10.2 Å². The third-order valence-corrected chi connectivity index (χ3v) is 2.71. The first-order chi connectivity index (χ1) is 7.77. The molecule has 0 amide bonds. The normalized spacial score (nSPS) is 18.3. The minimum Gasteiger partial charge on any atom is -0.372 e. The van der Waals surface area contributed by atoms with Crippen molar-refractivity contribution in [2.75, 3.05) is 20.1 Å². The Morgan fingerprint density at radius 2 is 2.12 bits per heavy atom. The molecule has 0 aromatic heterocycles. The lowest BCUT2D eigenvalue weighted by molar-refractivity contribution is 0.104. The molecule has 1 aliphatic rings. The molecule has 0 atom stereocenters. The summed E-state index contributed by atoms with van der Waals surface area (Å²) in [5.74, 6) is 0.969. The summed E-state index contributed by atoms with van der Waals surface area (Å²) in [5.41, 5.74) is 0.732. The SMILES string of the molecule is CN1CCCNC1=CC(=O)c1ccccc1. The zero-order valence-electron chi connectivity index (χ0n) is 9.44. The van der Waals surface area contributed by atoms with Gasteiger partial charge < -0.3 is 10.2 Å². The van der Waals surface area contributed by atoms with Gasteiger partial charge in [-0.3, -0.25) is 4.79 Å². The Hall–Kier alpha value is -1.77. The highest BCUT2D eigenvalue weighted by Gasteiger charge is 2.11. The largest absolute Gasteiger partial charge is 0.372 e. The van der Waals surface area contributed by atoms with Crippen molar-refractivity contribution in [3.8, 4) is 0 Å². The minimum atomic E-state index is 0.0526. The molecule has 0 aliphatic carbocycles. The van der Waals surface area contributed by atoms with Gasteiger partial charge in [-0.05, 0) is 6.42 Å². The van der Waals surface area contributed by atoms with Crippen LogP contribution < -0.4 is 5.32 Å². The molecule has 1 fully saturated rings. The molecular formula is C13H16N2O. The van der Waals surface area contributed by atoms with Crippen molar-refractivity contribution < 1.29 is 4.79 Å². The van der Waals surface area contributed by atoms with Crippen molar-refractivity contribution in [3.05, 3.63) is 47.8 Å². The Kier molecular flexibility index (Phi) is 3.25. The standard InChI is InChI=1S/C13H16N2O/c1-15-9-5-8-14-13(15)10-12(16)11-6-3-2-4-7-11/h2-4,6-7,10,14H,5,8-9H2,1H3. The molecule has 0 unspecified atom stereocenters. The molecule has 3 heteroatoms. The fourth-order valence-corrected chi connectivity index (χ4v) is 1.76. The highest BCUT2D eigenvalue weighted by Crippen LogP contribution is 2.08. The molecule has 1 heterocycles. The molecule has 3 nitrogen and oxygen atoms in total. The van der Waals surface area contributed by atoms with E-state index in [-0.39, 0.29) is 5.78 Å². The van der Waals surface area contributed by atoms with Crippen LogP contribution in [0.25, 0.3) is 0 Å². The van der Waals surface area contributed by atoms with Crippen LogP contribution in [-0.2, 0) is 0 Å². The quantitative estimate of drug-likeness (QED) is 0.602. The summed E-state index contributed by atoms with van der Waals surface area (Å²) < 4.78 is 0. The second kappa shape index (κ2) is 4.84. The molecule has 1 aromatic rings. The number of rotatable bonds is 2. The number of hydrogen-bond donors (Lipinski definition) is 1. The summed E-state index contributed by atoms with van der Waals surface area (Å²) in [6.45, 7) is 1.94. The number of nitrogens with one attached hydrogen (secondary N) is 1. The fraction of sp³-hybridized carbons (Fsp3) is 0.308. The van der Waals surface area contributed by atoms with Gasteiger partial charge in [-0.1, -0.05) is 30.3 Å². The first-order valence-corrected chi connectivity index (χ1v) is 5.53. The van der Waals surface area contributed by atoms with E-state index in [1.807, 2.05) is 37.4 Å². The van der Waals surface area contributed by atoms with Crippen LogP contribution in [0.15, 0.2) is 42.2 Å². The topological polar surface area (TPSA) is 32.3 Å². The summed E-state index contributed by atoms with van der Waals surface area (Å²) in [7, 11) is 2.00. The first kappa shape index (κ1) is 10.7. The molecule has 1 aromatic carbocycles. The van der Waals surface area contributed by atoms with Crippen molar-refractivity contribution >= 4 is 5.78 Å². The van der Waals surface area contributed by atoms with Crippen LogP contribution in [0.5, 0.6) is 0 Å². The average molecular weight is 216 g/mol. The lowest BCUT2D eigenvalue weighted by atomic mass is 10.1. The minimum absolute atomic E-state index is 0.0526. The van der Waals surface area contributed by atoms with E-state index in [1.54, 1.807) is 6.08 Å². The molecule has 16 heavy (non-hydrogen) atoms. The average Bonchev–Trinajstić information content (AvgIpc) is 2.33. The van der Waals surface area contributed by atoms with E-state index in [0.717, 1.165) is 30.9 Å². The van der Waals surface area contributed by atoms with Crippen molar-refractivity contribution in [1.29, 1.82) is 0 Å². The Labute approximate surface area is 95.8 Å². The van der Waals surface area contributed by atoms with E-state index in [1.165, 1.54) is 0 Å². The van der Waals surface area contributed by atoms with Gasteiger partial charge in [-0.25, -0.2) is 0 Å². The van der Waals surface area contributed by atoms with Gasteiger partial charge in [-0.15, -0.1) is 0 Å². The number of ketones is 1. The van der Waals surface area contributed by atoms with Crippen molar-refractivity contribution in [3.63, 3.8) is 0 Å². The number of nitrogens with zero attached hydrogens (tertiary/aromatic N) is 1. The highest BCUT2D eigenvalue weighted by atomic mass is 16.1. The van der Waals surface area contributed by atoms with Gasteiger partial charge in [0.15, 0.2) is 5.78 Å². The molecule has 0 saturated carbocycles. The summed E-state index contributed by atoms with van der Waals surface area (Å²) in [6.07, 6.45) is 2.79. The van der Waals surface area contributed by atoms with Crippen LogP contribution >= 0.6 is 0 Å². The maximum atomic E-state index is 11.9. The smallest absolute Gasteiger partial charge is 0.189 e. The Morgan fingerprint density at radius 3 is 2.81 bits per heavy atom. The van der Waals surface area contributed by atoms with E-state index < -0.39 is 0 Å². The fourth-order valence-electron chi connectivity index (χ4n) is 1.76. The molecule has 0 spiro atoms. The van der Waals surface area contributed by atoms with Crippen LogP contribution in [-0.4, -0.2) is 30.8 Å². The van der Waals surface area contributed by atoms with E-state index >= 15 is 0 Å². The maximum absolute atomic E-state index is 11.9. The van der Waals surface area contributed by atoms with Crippen LogP contribution in [0.4, 0.5) is 0 Å². The zero-order valence-corrected chi connectivity index (χ0v) is 9.44. The van der Waals surface area contributed by atoms with Crippen LogP contribution in [0, 0.1) is 0 Å². The van der Waals surface area contributed by atoms with Gasteiger partial charge in [0.25, 0.3) is 0 Å². The number of carbonyl (C=O) groups excluding carboxylic acids is 1. The molecule has 0 bridgehead atoms. The van der Waals surface area contributed by atoms with Crippen LogP contribution in [0.2, 0.25) is 0 Å². The third-order valence-electron chi connectivity index (χ3n) is 2.71. The Balaban J connectivity index is 2.14. The first-order valence-electron chi connectivity index (χ1n) is 5.53. The van der Waals surface area contributed by atoms with Crippen molar-refractivity contribution in [2.45, 2.75) is 6.42 Å².